The fourth-order valence-corrected chi connectivity index (χ4v) is 2.52. The zero-order valence-electron chi connectivity index (χ0n) is 12.0. The highest BCUT2D eigenvalue weighted by atomic mass is 35.5. The lowest BCUT2D eigenvalue weighted by atomic mass is 10.1. The molecular weight excluding hydrogens is 337 g/mol. The molecule has 0 bridgehead atoms. The minimum absolute atomic E-state index is 0.165. The molecule has 7 heteroatoms. The van der Waals surface area contributed by atoms with Gasteiger partial charge >= 0.3 is 0 Å². The predicted octanol–water partition coefficient (Wildman–Crippen LogP) is 4.20. The van der Waals surface area contributed by atoms with E-state index in [4.69, 9.17) is 27.9 Å². The summed E-state index contributed by atoms with van der Waals surface area (Å²) in [5, 5.41) is 3.93. The van der Waals surface area contributed by atoms with Gasteiger partial charge in [-0.05, 0) is 24.3 Å². The highest BCUT2D eigenvalue weighted by Gasteiger charge is 2.15. The van der Waals surface area contributed by atoms with E-state index in [1.165, 1.54) is 6.20 Å². The van der Waals surface area contributed by atoms with Crippen molar-refractivity contribution in [1.29, 1.82) is 0 Å². The molecule has 5 nitrogen and oxygen atoms in total. The number of fused-ring (bicyclic) bond motifs is 1. The lowest BCUT2D eigenvalue weighted by Gasteiger charge is -2.11. The number of nitrogens with zero attached hydrogens (tertiary/aromatic N) is 2. The summed E-state index contributed by atoms with van der Waals surface area (Å²) in [6.07, 6.45) is 3.05. The molecule has 1 N–H and O–H groups in total. The number of carbonyl (C=O) groups excluding carboxylic acids is 1. The summed E-state index contributed by atoms with van der Waals surface area (Å²) in [6.45, 7) is 0. The highest BCUT2D eigenvalue weighted by Crippen LogP contribution is 2.28. The molecule has 2 aromatic heterocycles. The number of anilines is 1. The molecule has 1 aromatic carbocycles. The van der Waals surface area contributed by atoms with E-state index in [-0.39, 0.29) is 11.1 Å². The quantitative estimate of drug-likeness (QED) is 0.721. The average Bonchev–Trinajstić information content (AvgIpc) is 2.57. The van der Waals surface area contributed by atoms with Crippen molar-refractivity contribution < 1.29 is 9.53 Å². The third-order valence-corrected chi connectivity index (χ3v) is 3.76. The molecule has 0 radical (unpaired) electrons. The number of halogens is 2. The van der Waals surface area contributed by atoms with Gasteiger partial charge in [-0.25, -0.2) is 4.98 Å². The average molecular weight is 348 g/mol. The molecule has 3 rings (SSSR count). The van der Waals surface area contributed by atoms with Gasteiger partial charge in [0.15, 0.2) is 5.15 Å². The minimum Gasteiger partial charge on any atom is -0.494 e. The van der Waals surface area contributed by atoms with Crippen LogP contribution in [0.1, 0.15) is 10.4 Å². The van der Waals surface area contributed by atoms with Crippen LogP contribution in [0, 0.1) is 0 Å². The second-order valence-electron chi connectivity index (χ2n) is 4.66. The summed E-state index contributed by atoms with van der Waals surface area (Å²) in [7, 11) is 1.56. The summed E-state index contributed by atoms with van der Waals surface area (Å²) >= 11 is 11.9. The van der Waals surface area contributed by atoms with Crippen LogP contribution in [-0.2, 0) is 0 Å². The van der Waals surface area contributed by atoms with Gasteiger partial charge in [0, 0.05) is 23.3 Å². The molecule has 0 aliphatic rings. The molecule has 1 amide bonds. The van der Waals surface area contributed by atoms with Gasteiger partial charge in [-0.3, -0.25) is 9.78 Å². The maximum absolute atomic E-state index is 12.6. The van der Waals surface area contributed by atoms with E-state index in [0.29, 0.717) is 32.9 Å². The molecule has 23 heavy (non-hydrogen) atoms. The molecule has 0 spiro atoms. The standard InChI is InChI=1S/C16H11Cl2N3O2/c1-23-13-5-4-11(10-3-2-6-19-14(10)13)16(22)21-12-7-9(17)8-20-15(12)18/h2-8H,1H3,(H,21,22). The number of methoxy groups -OCH3 is 1. The van der Waals surface area contributed by atoms with Crippen LogP contribution < -0.4 is 10.1 Å². The van der Waals surface area contributed by atoms with Crippen LogP contribution in [0.15, 0.2) is 42.7 Å². The number of nitrogens with one attached hydrogen (secondary N) is 1. The van der Waals surface area contributed by atoms with Crippen molar-refractivity contribution in [2.24, 2.45) is 0 Å². The molecule has 116 valence electrons. The first-order valence-corrected chi connectivity index (χ1v) is 7.40. The van der Waals surface area contributed by atoms with Crippen molar-refractivity contribution in [2.45, 2.75) is 0 Å². The first-order chi connectivity index (χ1) is 11.1. The number of amides is 1. The Kier molecular flexibility index (Phi) is 4.32. The zero-order valence-corrected chi connectivity index (χ0v) is 13.5. The molecule has 0 aliphatic heterocycles. The maximum atomic E-state index is 12.6. The fourth-order valence-electron chi connectivity index (χ4n) is 2.21. The van der Waals surface area contributed by atoms with E-state index >= 15 is 0 Å². The van der Waals surface area contributed by atoms with Gasteiger partial charge in [0.25, 0.3) is 5.91 Å². The number of aromatic nitrogens is 2. The van der Waals surface area contributed by atoms with Gasteiger partial charge in [-0.1, -0.05) is 29.3 Å². The maximum Gasteiger partial charge on any atom is 0.256 e. The van der Waals surface area contributed by atoms with Crippen LogP contribution in [0.5, 0.6) is 5.75 Å². The fraction of sp³-hybridized carbons (Fsp3) is 0.0625. The van der Waals surface area contributed by atoms with Gasteiger partial charge in [0.2, 0.25) is 0 Å². The largest absolute Gasteiger partial charge is 0.494 e. The number of rotatable bonds is 3. The third-order valence-electron chi connectivity index (χ3n) is 3.25. The molecule has 0 aliphatic carbocycles. The Morgan fingerprint density at radius 1 is 1.22 bits per heavy atom. The van der Waals surface area contributed by atoms with Crippen LogP contribution >= 0.6 is 23.2 Å². The number of hydrogen-bond donors (Lipinski definition) is 1. The Morgan fingerprint density at radius 2 is 2.04 bits per heavy atom. The topological polar surface area (TPSA) is 64.1 Å². The van der Waals surface area contributed by atoms with Crippen molar-refractivity contribution in [3.8, 4) is 5.75 Å². The summed E-state index contributed by atoms with van der Waals surface area (Å²) < 4.78 is 5.27. The highest BCUT2D eigenvalue weighted by molar-refractivity contribution is 6.34. The first-order valence-electron chi connectivity index (χ1n) is 6.64. The smallest absolute Gasteiger partial charge is 0.256 e. The van der Waals surface area contributed by atoms with Gasteiger partial charge in [-0.2, -0.15) is 0 Å². The number of hydrogen-bond acceptors (Lipinski definition) is 4. The Morgan fingerprint density at radius 3 is 2.83 bits per heavy atom. The Hall–Kier alpha value is -2.37. The van der Waals surface area contributed by atoms with Crippen LogP contribution in [0.25, 0.3) is 10.9 Å². The van der Waals surface area contributed by atoms with Crippen LogP contribution in [0.4, 0.5) is 5.69 Å². The van der Waals surface area contributed by atoms with Crippen LogP contribution in [0.3, 0.4) is 0 Å². The lowest BCUT2D eigenvalue weighted by Crippen LogP contribution is -2.13. The normalized spacial score (nSPS) is 10.6. The second-order valence-corrected chi connectivity index (χ2v) is 5.46. The van der Waals surface area contributed by atoms with Crippen molar-refractivity contribution in [1.82, 2.24) is 9.97 Å². The van der Waals surface area contributed by atoms with Crippen molar-refractivity contribution in [2.75, 3.05) is 12.4 Å². The molecule has 0 unspecified atom stereocenters. The Labute approximate surface area is 142 Å². The molecule has 0 saturated carbocycles. The van der Waals surface area contributed by atoms with Gasteiger partial charge < -0.3 is 10.1 Å². The summed E-state index contributed by atoms with van der Waals surface area (Å²) in [5.74, 6) is 0.260. The Bertz CT molecular complexity index is 900. The predicted molar refractivity (Wildman–Crippen MR) is 90.5 cm³/mol. The number of carbonyl (C=O) groups is 1. The third kappa shape index (κ3) is 3.06. The van der Waals surface area contributed by atoms with E-state index in [0.717, 1.165) is 0 Å². The molecule has 0 saturated heterocycles. The van der Waals surface area contributed by atoms with Crippen molar-refractivity contribution in [3.63, 3.8) is 0 Å². The van der Waals surface area contributed by atoms with Gasteiger partial charge in [0.1, 0.15) is 11.3 Å². The van der Waals surface area contributed by atoms with E-state index in [2.05, 4.69) is 15.3 Å². The molecule has 0 atom stereocenters. The first kappa shape index (κ1) is 15.5. The van der Waals surface area contributed by atoms with Crippen molar-refractivity contribution >= 4 is 45.7 Å². The van der Waals surface area contributed by atoms with E-state index in [1.54, 1.807) is 43.6 Å². The zero-order chi connectivity index (χ0) is 16.4. The van der Waals surface area contributed by atoms with Gasteiger partial charge in [-0.15, -0.1) is 0 Å². The molecule has 2 heterocycles. The summed E-state index contributed by atoms with van der Waals surface area (Å²) in [5.41, 5.74) is 1.40. The van der Waals surface area contributed by atoms with Gasteiger partial charge in [0.05, 0.1) is 17.8 Å². The Balaban J connectivity index is 2.03. The molecule has 0 fully saturated rings. The van der Waals surface area contributed by atoms with E-state index in [1.807, 2.05) is 0 Å². The number of benzene rings is 1. The number of pyridine rings is 2. The second kappa shape index (κ2) is 6.40. The van der Waals surface area contributed by atoms with Crippen LogP contribution in [-0.4, -0.2) is 23.0 Å². The molecular formula is C16H11Cl2N3O2. The minimum atomic E-state index is -0.336. The van der Waals surface area contributed by atoms with E-state index < -0.39 is 0 Å². The number of ether oxygens (including phenoxy) is 1. The summed E-state index contributed by atoms with van der Waals surface area (Å²) in [6, 6.07) is 8.47. The van der Waals surface area contributed by atoms with Crippen LogP contribution in [0.2, 0.25) is 10.2 Å². The SMILES string of the molecule is COc1ccc(C(=O)Nc2cc(Cl)cnc2Cl)c2cccnc12. The van der Waals surface area contributed by atoms with E-state index in [9.17, 15) is 4.79 Å². The lowest BCUT2D eigenvalue weighted by molar-refractivity contribution is 0.102. The summed E-state index contributed by atoms with van der Waals surface area (Å²) in [4.78, 5) is 20.8. The van der Waals surface area contributed by atoms with Crippen molar-refractivity contribution in [3.05, 3.63) is 58.5 Å². The molecule has 3 aromatic rings. The monoisotopic (exact) mass is 347 g/mol.